The van der Waals surface area contributed by atoms with Gasteiger partial charge in [-0.15, -0.1) is 8.93 Å². The number of aldehydes is 1. The molecule has 10 heavy (non-hydrogen) atoms. The average molecular weight is 170 g/mol. The number of carbonyl (C=O) groups excluding carboxylic acids is 1. The summed E-state index contributed by atoms with van der Waals surface area (Å²) in [5, 5.41) is 1.11. The molecule has 0 saturated carbocycles. The lowest BCUT2D eigenvalue weighted by atomic mass is 10.2. The summed E-state index contributed by atoms with van der Waals surface area (Å²) in [7, 11) is 3.25. The number of rotatable bonds is 2. The van der Waals surface area contributed by atoms with Crippen molar-refractivity contribution in [1.82, 2.24) is 0 Å². The Labute approximate surface area is 64.1 Å². The van der Waals surface area contributed by atoms with E-state index in [0.29, 0.717) is 8.27 Å². The Morgan fingerprint density at radius 3 is 2.60 bits per heavy atom. The third-order valence-corrected chi connectivity index (χ3v) is 2.94. The van der Waals surface area contributed by atoms with Crippen LogP contribution in [0.3, 0.4) is 0 Å². The summed E-state index contributed by atoms with van der Waals surface area (Å²) >= 11 is 0. The first-order valence-corrected chi connectivity index (χ1v) is 5.70. The molecule has 1 nitrogen and oxygen atoms in total. The van der Waals surface area contributed by atoms with Crippen molar-refractivity contribution < 1.29 is 4.79 Å². The van der Waals surface area contributed by atoms with Gasteiger partial charge in [0, 0.05) is 5.56 Å². The first kappa shape index (κ1) is 7.85. The summed E-state index contributed by atoms with van der Waals surface area (Å²) in [6.45, 7) is 0. The van der Waals surface area contributed by atoms with Crippen LogP contribution >= 0.6 is 17.2 Å². The Bertz CT molecular complexity index is 235. The standard InChI is InChI=1S/C7H8OP2/c8-5-6-3-1-2-4-7(6)10-9/h1-5,10H,9H2. The molecule has 0 aliphatic heterocycles. The lowest BCUT2D eigenvalue weighted by molar-refractivity contribution is 0.112. The third kappa shape index (κ3) is 1.62. The fraction of sp³-hybridized carbons (Fsp3) is 0. The average Bonchev–Trinajstić information content (AvgIpc) is 2.04. The molecule has 0 aromatic heterocycles. The van der Waals surface area contributed by atoms with Crippen LogP contribution in [0, 0.1) is 0 Å². The normalized spacial score (nSPS) is 10.5. The van der Waals surface area contributed by atoms with Crippen LogP contribution in [-0.4, -0.2) is 6.29 Å². The highest BCUT2D eigenvalue weighted by Gasteiger charge is 1.94. The van der Waals surface area contributed by atoms with Gasteiger partial charge >= 0.3 is 0 Å². The Kier molecular flexibility index (Phi) is 2.99. The van der Waals surface area contributed by atoms with Crippen LogP contribution in [0.1, 0.15) is 10.4 Å². The summed E-state index contributed by atoms with van der Waals surface area (Å²) < 4.78 is 0. The molecule has 2 unspecified atom stereocenters. The Morgan fingerprint density at radius 2 is 2.10 bits per heavy atom. The molecule has 0 aliphatic carbocycles. The molecule has 0 heterocycles. The van der Waals surface area contributed by atoms with Gasteiger partial charge in [-0.1, -0.05) is 32.5 Å². The van der Waals surface area contributed by atoms with Crippen molar-refractivity contribution in [1.29, 1.82) is 0 Å². The van der Waals surface area contributed by atoms with E-state index in [0.717, 1.165) is 17.2 Å². The predicted octanol–water partition coefficient (Wildman–Crippen LogP) is 1.59. The Morgan fingerprint density at radius 1 is 1.40 bits per heavy atom. The molecule has 0 spiro atoms. The van der Waals surface area contributed by atoms with Crippen LogP contribution in [0.25, 0.3) is 0 Å². The molecule has 0 N–H and O–H groups in total. The molecular weight excluding hydrogens is 162 g/mol. The maximum absolute atomic E-state index is 10.4. The summed E-state index contributed by atoms with van der Waals surface area (Å²) in [6.07, 6.45) is 0.895. The zero-order chi connectivity index (χ0) is 7.40. The number of benzene rings is 1. The first-order chi connectivity index (χ1) is 4.88. The maximum Gasteiger partial charge on any atom is 0.150 e. The highest BCUT2D eigenvalue weighted by atomic mass is 32.0. The molecule has 0 saturated heterocycles. The second-order valence-electron chi connectivity index (χ2n) is 1.85. The van der Waals surface area contributed by atoms with E-state index in [1.165, 1.54) is 0 Å². The van der Waals surface area contributed by atoms with Gasteiger partial charge in [-0.2, -0.15) is 0 Å². The van der Waals surface area contributed by atoms with Crippen molar-refractivity contribution in [2.24, 2.45) is 0 Å². The predicted molar refractivity (Wildman–Crippen MR) is 49.5 cm³/mol. The summed E-state index contributed by atoms with van der Waals surface area (Å²) in [5.74, 6) is 0. The lowest BCUT2D eigenvalue weighted by Gasteiger charge is -1.97. The van der Waals surface area contributed by atoms with Crippen LogP contribution in [0.4, 0.5) is 0 Å². The van der Waals surface area contributed by atoms with Gasteiger partial charge in [0.15, 0.2) is 6.29 Å². The second-order valence-corrected chi connectivity index (χ2v) is 3.54. The van der Waals surface area contributed by atoms with Gasteiger partial charge in [0.2, 0.25) is 0 Å². The highest BCUT2D eigenvalue weighted by molar-refractivity contribution is 8.06. The van der Waals surface area contributed by atoms with E-state index in [2.05, 4.69) is 8.93 Å². The van der Waals surface area contributed by atoms with Gasteiger partial charge in [0.25, 0.3) is 0 Å². The Hall–Kier alpha value is -0.250. The number of hydrogen-bond donors (Lipinski definition) is 0. The van der Waals surface area contributed by atoms with Gasteiger partial charge in [0.1, 0.15) is 0 Å². The lowest BCUT2D eigenvalue weighted by Crippen LogP contribution is -1.99. The zero-order valence-electron chi connectivity index (χ0n) is 5.37. The van der Waals surface area contributed by atoms with Gasteiger partial charge < -0.3 is 0 Å². The van der Waals surface area contributed by atoms with E-state index in [9.17, 15) is 4.79 Å². The zero-order valence-corrected chi connectivity index (χ0v) is 7.53. The smallest absolute Gasteiger partial charge is 0.150 e. The van der Waals surface area contributed by atoms with Crippen molar-refractivity contribution in [3.05, 3.63) is 29.8 Å². The number of carbonyl (C=O) groups is 1. The molecule has 52 valence electrons. The Balaban J connectivity index is 3.08. The molecule has 0 radical (unpaired) electrons. The van der Waals surface area contributed by atoms with Crippen LogP contribution in [0.2, 0.25) is 0 Å². The van der Waals surface area contributed by atoms with Crippen molar-refractivity contribution in [2.45, 2.75) is 0 Å². The maximum atomic E-state index is 10.4. The molecule has 1 rings (SSSR count). The van der Waals surface area contributed by atoms with Crippen LogP contribution < -0.4 is 5.30 Å². The minimum atomic E-state index is 0.621. The van der Waals surface area contributed by atoms with Gasteiger partial charge in [0.05, 0.1) is 0 Å². The van der Waals surface area contributed by atoms with Crippen molar-refractivity contribution in [3.8, 4) is 0 Å². The quantitative estimate of drug-likeness (QED) is 0.486. The molecule has 0 amide bonds. The summed E-state index contributed by atoms with van der Waals surface area (Å²) in [5.41, 5.74) is 0.802. The van der Waals surface area contributed by atoms with Crippen molar-refractivity contribution in [3.63, 3.8) is 0 Å². The van der Waals surface area contributed by atoms with Gasteiger partial charge in [-0.25, -0.2) is 0 Å². The number of hydrogen-bond acceptors (Lipinski definition) is 1. The minimum Gasteiger partial charge on any atom is -0.298 e. The third-order valence-electron chi connectivity index (χ3n) is 1.24. The molecule has 0 fully saturated rings. The van der Waals surface area contributed by atoms with Gasteiger partial charge in [-0.3, -0.25) is 4.79 Å². The highest BCUT2D eigenvalue weighted by Crippen LogP contribution is 2.20. The fourth-order valence-corrected chi connectivity index (χ4v) is 2.02. The molecule has 1 aromatic rings. The molecule has 0 bridgehead atoms. The minimum absolute atomic E-state index is 0.621. The summed E-state index contributed by atoms with van der Waals surface area (Å²) in [6, 6.07) is 7.62. The van der Waals surface area contributed by atoms with E-state index in [1.807, 2.05) is 24.3 Å². The van der Waals surface area contributed by atoms with Crippen LogP contribution in [-0.2, 0) is 0 Å². The molecule has 3 heteroatoms. The molecular formula is C7H8OP2. The molecule has 1 aromatic carbocycles. The second kappa shape index (κ2) is 3.81. The van der Waals surface area contributed by atoms with E-state index in [-0.39, 0.29) is 0 Å². The van der Waals surface area contributed by atoms with E-state index in [1.54, 1.807) is 0 Å². The van der Waals surface area contributed by atoms with E-state index >= 15 is 0 Å². The van der Waals surface area contributed by atoms with Crippen molar-refractivity contribution >= 4 is 28.8 Å². The topological polar surface area (TPSA) is 17.1 Å². The van der Waals surface area contributed by atoms with Crippen LogP contribution in [0.5, 0.6) is 0 Å². The van der Waals surface area contributed by atoms with Crippen LogP contribution in [0.15, 0.2) is 24.3 Å². The summed E-state index contributed by atoms with van der Waals surface area (Å²) in [4.78, 5) is 10.4. The van der Waals surface area contributed by atoms with Crippen molar-refractivity contribution in [2.75, 3.05) is 0 Å². The van der Waals surface area contributed by atoms with Gasteiger partial charge in [-0.05, 0) is 5.30 Å². The first-order valence-electron chi connectivity index (χ1n) is 2.89. The molecule has 2 atom stereocenters. The fourth-order valence-electron chi connectivity index (χ4n) is 0.731. The largest absolute Gasteiger partial charge is 0.298 e. The molecule has 0 aliphatic rings. The SMILES string of the molecule is O=Cc1ccccc1PP. The van der Waals surface area contributed by atoms with E-state index in [4.69, 9.17) is 0 Å². The van der Waals surface area contributed by atoms with E-state index < -0.39 is 0 Å². The monoisotopic (exact) mass is 170 g/mol.